The highest BCUT2D eigenvalue weighted by Crippen LogP contribution is 2.23. The number of hydrogen-bond donors (Lipinski definition) is 2. The largest absolute Gasteiger partial charge is 0.466 e. The van der Waals surface area contributed by atoms with Crippen LogP contribution in [0.4, 0.5) is 5.13 Å². The number of H-pyrrole nitrogens is 1. The van der Waals surface area contributed by atoms with Crippen molar-refractivity contribution < 1.29 is 14.3 Å². The predicted octanol–water partition coefficient (Wildman–Crippen LogP) is 3.19. The first-order valence-corrected chi connectivity index (χ1v) is 11.1. The Balaban J connectivity index is 1.29. The number of para-hydroxylation sites is 1. The second kappa shape index (κ2) is 9.18. The third-order valence-electron chi connectivity index (χ3n) is 4.09. The van der Waals surface area contributed by atoms with Gasteiger partial charge in [0, 0.05) is 28.5 Å². The summed E-state index contributed by atoms with van der Waals surface area (Å²) < 4.78 is 4.89. The molecule has 11 heteroatoms. The van der Waals surface area contributed by atoms with E-state index >= 15 is 0 Å². The van der Waals surface area contributed by atoms with Crippen LogP contribution < -0.4 is 5.32 Å². The Morgan fingerprint density at radius 1 is 1.23 bits per heavy atom. The summed E-state index contributed by atoms with van der Waals surface area (Å²) in [6.07, 6.45) is 0.363. The fourth-order valence-corrected chi connectivity index (χ4v) is 4.24. The van der Waals surface area contributed by atoms with Crippen molar-refractivity contribution in [1.29, 1.82) is 0 Å². The highest BCUT2D eigenvalue weighted by molar-refractivity contribution is 7.99. The Labute approximate surface area is 179 Å². The Kier molecular flexibility index (Phi) is 6.19. The minimum Gasteiger partial charge on any atom is -0.466 e. The lowest BCUT2D eigenvalue weighted by Crippen LogP contribution is -2.12. The second-order valence-electron chi connectivity index (χ2n) is 6.23. The second-order valence-corrected chi connectivity index (χ2v) is 8.15. The van der Waals surface area contributed by atoms with Gasteiger partial charge in [-0.1, -0.05) is 30.0 Å². The number of esters is 1. The van der Waals surface area contributed by atoms with E-state index in [-0.39, 0.29) is 24.7 Å². The summed E-state index contributed by atoms with van der Waals surface area (Å²) in [6.45, 7) is 2.08. The van der Waals surface area contributed by atoms with E-state index in [1.807, 2.05) is 24.3 Å². The molecule has 0 aliphatic rings. The summed E-state index contributed by atoms with van der Waals surface area (Å²) in [5, 5.41) is 14.8. The summed E-state index contributed by atoms with van der Waals surface area (Å²) in [4.78, 5) is 35.6. The van der Waals surface area contributed by atoms with Crippen molar-refractivity contribution >= 4 is 62.2 Å². The maximum Gasteiger partial charge on any atom is 0.311 e. The van der Waals surface area contributed by atoms with E-state index < -0.39 is 0 Å². The number of amides is 1. The number of aromatic amines is 1. The number of carbonyl (C=O) groups excluding carboxylic acids is 2. The van der Waals surface area contributed by atoms with E-state index in [1.54, 1.807) is 12.3 Å². The SMILES string of the molecule is CCOC(=O)Cc1csc(NC(=O)CCSc2nnc3c(n2)[nH]c2ccccc23)n1. The molecule has 2 N–H and O–H groups in total. The van der Waals surface area contributed by atoms with Crippen LogP contribution in [0.5, 0.6) is 0 Å². The molecule has 0 bridgehead atoms. The summed E-state index contributed by atoms with van der Waals surface area (Å²) >= 11 is 2.63. The molecule has 0 spiro atoms. The average Bonchev–Trinajstić information content (AvgIpc) is 3.31. The Hall–Kier alpha value is -3.05. The van der Waals surface area contributed by atoms with Crippen LogP contribution in [0.2, 0.25) is 0 Å². The van der Waals surface area contributed by atoms with Gasteiger partial charge in [-0.3, -0.25) is 9.59 Å². The average molecular weight is 443 g/mol. The first-order valence-electron chi connectivity index (χ1n) is 9.26. The third kappa shape index (κ3) is 4.74. The zero-order valence-electron chi connectivity index (χ0n) is 16.0. The van der Waals surface area contributed by atoms with E-state index in [2.05, 4.69) is 30.5 Å². The smallest absolute Gasteiger partial charge is 0.311 e. The molecule has 0 aliphatic carbocycles. The van der Waals surface area contributed by atoms with Gasteiger partial charge in [0.25, 0.3) is 0 Å². The van der Waals surface area contributed by atoms with Gasteiger partial charge in [0.1, 0.15) is 5.52 Å². The van der Waals surface area contributed by atoms with Crippen LogP contribution in [0.15, 0.2) is 34.8 Å². The molecule has 30 heavy (non-hydrogen) atoms. The number of hydrogen-bond acceptors (Lipinski definition) is 9. The number of carbonyl (C=O) groups is 2. The fraction of sp³-hybridized carbons (Fsp3) is 0.263. The molecule has 0 saturated heterocycles. The zero-order chi connectivity index (χ0) is 20.9. The molecule has 9 nitrogen and oxygen atoms in total. The van der Waals surface area contributed by atoms with E-state index in [4.69, 9.17) is 4.74 Å². The monoisotopic (exact) mass is 442 g/mol. The van der Waals surface area contributed by atoms with Crippen molar-refractivity contribution in [3.8, 4) is 0 Å². The van der Waals surface area contributed by atoms with Gasteiger partial charge in [-0.2, -0.15) is 0 Å². The van der Waals surface area contributed by atoms with E-state index in [0.717, 1.165) is 16.4 Å². The van der Waals surface area contributed by atoms with Crippen molar-refractivity contribution in [2.45, 2.75) is 24.9 Å². The molecule has 0 radical (unpaired) electrons. The molecule has 1 aromatic carbocycles. The Morgan fingerprint density at radius 3 is 2.97 bits per heavy atom. The number of thioether (sulfide) groups is 1. The van der Waals surface area contributed by atoms with Gasteiger partial charge >= 0.3 is 5.97 Å². The molecule has 3 aromatic heterocycles. The van der Waals surface area contributed by atoms with Crippen molar-refractivity contribution in [2.24, 2.45) is 0 Å². The van der Waals surface area contributed by atoms with Crippen molar-refractivity contribution in [3.63, 3.8) is 0 Å². The normalized spacial score (nSPS) is 11.1. The van der Waals surface area contributed by atoms with Crippen molar-refractivity contribution in [2.75, 3.05) is 17.7 Å². The van der Waals surface area contributed by atoms with E-state index in [9.17, 15) is 9.59 Å². The number of thiazole rings is 1. The maximum absolute atomic E-state index is 12.2. The molecular weight excluding hydrogens is 424 g/mol. The molecule has 3 heterocycles. The molecular formula is C19H18N6O3S2. The lowest BCUT2D eigenvalue weighted by atomic mass is 10.2. The summed E-state index contributed by atoms with van der Waals surface area (Å²) in [5.41, 5.74) is 2.95. The summed E-state index contributed by atoms with van der Waals surface area (Å²) in [7, 11) is 0. The molecule has 154 valence electrons. The van der Waals surface area contributed by atoms with Gasteiger partial charge in [-0.25, -0.2) is 9.97 Å². The first-order chi connectivity index (χ1) is 14.6. The van der Waals surface area contributed by atoms with Gasteiger partial charge in [0.15, 0.2) is 10.8 Å². The van der Waals surface area contributed by atoms with Crippen LogP contribution >= 0.6 is 23.1 Å². The predicted molar refractivity (Wildman–Crippen MR) is 116 cm³/mol. The lowest BCUT2D eigenvalue weighted by Gasteiger charge is -2.01. The van der Waals surface area contributed by atoms with Crippen LogP contribution in [-0.2, 0) is 20.7 Å². The molecule has 4 rings (SSSR count). The number of nitrogens with zero attached hydrogens (tertiary/aromatic N) is 4. The molecule has 4 aromatic rings. The summed E-state index contributed by atoms with van der Waals surface area (Å²) in [5.74, 6) is -0.00266. The molecule has 1 amide bonds. The van der Waals surface area contributed by atoms with Gasteiger partial charge in [0.2, 0.25) is 11.1 Å². The molecule has 0 saturated carbocycles. The standard InChI is InChI=1S/C19H18N6O3S2/c1-2-28-15(27)9-11-10-30-18(20-11)22-14(26)7-8-29-19-23-17-16(24-25-19)12-5-3-4-6-13(12)21-17/h3-6,10H,2,7-9H2,1H3,(H,20,22,26)(H,21,23,25). The number of nitrogens with one attached hydrogen (secondary N) is 2. The molecule has 0 fully saturated rings. The quantitative estimate of drug-likeness (QED) is 0.315. The van der Waals surface area contributed by atoms with Gasteiger partial charge in [-0.15, -0.1) is 21.5 Å². The molecule has 0 atom stereocenters. The van der Waals surface area contributed by atoms with Crippen LogP contribution in [0.25, 0.3) is 22.1 Å². The fourth-order valence-electron chi connectivity index (χ4n) is 2.79. The van der Waals surface area contributed by atoms with Gasteiger partial charge in [0.05, 0.1) is 18.7 Å². The Morgan fingerprint density at radius 2 is 2.10 bits per heavy atom. The number of fused-ring (bicyclic) bond motifs is 3. The van der Waals surface area contributed by atoms with Crippen LogP contribution in [0.1, 0.15) is 19.0 Å². The number of rotatable bonds is 8. The lowest BCUT2D eigenvalue weighted by molar-refractivity contribution is -0.142. The molecule has 0 unspecified atom stereocenters. The number of aromatic nitrogens is 5. The molecule has 0 aliphatic heterocycles. The van der Waals surface area contributed by atoms with Crippen LogP contribution in [0, 0.1) is 0 Å². The summed E-state index contributed by atoms with van der Waals surface area (Å²) in [6, 6.07) is 7.83. The van der Waals surface area contributed by atoms with E-state index in [0.29, 0.717) is 34.0 Å². The topological polar surface area (TPSA) is 123 Å². The zero-order valence-corrected chi connectivity index (χ0v) is 17.7. The van der Waals surface area contributed by atoms with E-state index in [1.165, 1.54) is 23.1 Å². The first kappa shape index (κ1) is 20.2. The van der Waals surface area contributed by atoms with Gasteiger partial charge < -0.3 is 15.0 Å². The highest BCUT2D eigenvalue weighted by atomic mass is 32.2. The van der Waals surface area contributed by atoms with Crippen LogP contribution in [-0.4, -0.2) is 49.4 Å². The number of anilines is 1. The minimum atomic E-state index is -0.336. The third-order valence-corrected chi connectivity index (χ3v) is 5.74. The number of ether oxygens (including phenoxy) is 1. The van der Waals surface area contributed by atoms with Crippen molar-refractivity contribution in [1.82, 2.24) is 25.1 Å². The van der Waals surface area contributed by atoms with Crippen LogP contribution in [0.3, 0.4) is 0 Å². The Bertz CT molecular complexity index is 1210. The minimum absolute atomic E-state index is 0.0939. The van der Waals surface area contributed by atoms with Gasteiger partial charge in [-0.05, 0) is 13.0 Å². The maximum atomic E-state index is 12.2. The number of benzene rings is 1. The van der Waals surface area contributed by atoms with Crippen molar-refractivity contribution in [3.05, 3.63) is 35.3 Å². The highest BCUT2D eigenvalue weighted by Gasteiger charge is 2.12.